The number of H-pyrrole nitrogens is 1. The molecule has 152 valence electrons. The molecule has 0 saturated heterocycles. The summed E-state index contributed by atoms with van der Waals surface area (Å²) in [7, 11) is 0. The van der Waals surface area contributed by atoms with Crippen LogP contribution in [0.3, 0.4) is 0 Å². The van der Waals surface area contributed by atoms with Crippen LogP contribution in [0.15, 0.2) is 36.1 Å². The lowest BCUT2D eigenvalue weighted by molar-refractivity contribution is -0.138. The van der Waals surface area contributed by atoms with E-state index in [-0.39, 0.29) is 6.54 Å². The van der Waals surface area contributed by atoms with Crippen molar-refractivity contribution in [2.45, 2.75) is 26.6 Å². The highest BCUT2D eigenvalue weighted by atomic mass is 19.4. The summed E-state index contributed by atoms with van der Waals surface area (Å²) in [5.74, 6) is -0.435. The van der Waals surface area contributed by atoms with Crippen LogP contribution in [-0.2, 0) is 11.3 Å². The van der Waals surface area contributed by atoms with Gasteiger partial charge in [-0.3, -0.25) is 4.79 Å². The molecule has 0 aliphatic rings. The topological polar surface area (TPSA) is 101 Å². The Balaban J connectivity index is 1.92. The molecule has 3 aromatic rings. The van der Waals surface area contributed by atoms with Crippen molar-refractivity contribution in [1.82, 2.24) is 29.8 Å². The number of carbonyl (C=O) groups is 1. The third-order valence-electron chi connectivity index (χ3n) is 3.98. The van der Waals surface area contributed by atoms with Crippen LogP contribution in [0.25, 0.3) is 17.1 Å². The number of amides is 1. The fourth-order valence-electron chi connectivity index (χ4n) is 2.69. The van der Waals surface area contributed by atoms with Gasteiger partial charge in [-0.1, -0.05) is 6.08 Å². The molecule has 0 saturated carbocycles. The van der Waals surface area contributed by atoms with Gasteiger partial charge in [-0.2, -0.15) is 13.2 Å². The predicted octanol–water partition coefficient (Wildman–Crippen LogP) is 3.01. The fraction of sp³-hybridized carbons (Fsp3) is 0.278. The molecule has 0 aliphatic carbocycles. The van der Waals surface area contributed by atoms with Gasteiger partial charge in [0.2, 0.25) is 5.91 Å². The van der Waals surface area contributed by atoms with Gasteiger partial charge >= 0.3 is 6.18 Å². The summed E-state index contributed by atoms with van der Waals surface area (Å²) >= 11 is 0. The van der Waals surface area contributed by atoms with E-state index in [4.69, 9.17) is 0 Å². The SMILES string of the molecule is CC=Cc1ncn(CC(=O)NCC(F)(F)F)c1/N=C(\C)c1c[nH]c2ncncc12. The van der Waals surface area contributed by atoms with Crippen molar-refractivity contribution in [3.05, 3.63) is 42.4 Å². The van der Waals surface area contributed by atoms with Crippen LogP contribution >= 0.6 is 0 Å². The fourth-order valence-corrected chi connectivity index (χ4v) is 2.69. The van der Waals surface area contributed by atoms with Crippen molar-refractivity contribution in [2.75, 3.05) is 6.54 Å². The summed E-state index contributed by atoms with van der Waals surface area (Å²) in [5, 5.41) is 2.62. The molecule has 0 atom stereocenters. The summed E-state index contributed by atoms with van der Waals surface area (Å²) in [6.45, 7) is 1.83. The van der Waals surface area contributed by atoms with Crippen LogP contribution in [0.5, 0.6) is 0 Å². The monoisotopic (exact) mass is 405 g/mol. The second-order valence-electron chi connectivity index (χ2n) is 6.16. The molecule has 1 amide bonds. The third-order valence-corrected chi connectivity index (χ3v) is 3.98. The number of aliphatic imine (C=N–C) groups is 1. The van der Waals surface area contributed by atoms with Gasteiger partial charge in [0, 0.05) is 29.1 Å². The summed E-state index contributed by atoms with van der Waals surface area (Å²) in [6.07, 6.45) is 5.17. The molecule has 3 heterocycles. The van der Waals surface area contributed by atoms with E-state index in [0.717, 1.165) is 10.9 Å². The molecule has 11 heteroatoms. The highest BCUT2D eigenvalue weighted by Crippen LogP contribution is 2.23. The number of fused-ring (bicyclic) bond motifs is 1. The normalized spacial score (nSPS) is 12.8. The van der Waals surface area contributed by atoms with E-state index >= 15 is 0 Å². The quantitative estimate of drug-likeness (QED) is 0.616. The summed E-state index contributed by atoms with van der Waals surface area (Å²) in [4.78, 5) is 31.9. The molecule has 0 bridgehead atoms. The highest BCUT2D eigenvalue weighted by molar-refractivity contribution is 6.09. The van der Waals surface area contributed by atoms with Crippen LogP contribution in [0.1, 0.15) is 25.1 Å². The van der Waals surface area contributed by atoms with E-state index in [2.05, 4.69) is 24.9 Å². The Kier molecular flexibility index (Phi) is 5.76. The number of alkyl halides is 3. The van der Waals surface area contributed by atoms with E-state index in [1.54, 1.807) is 38.4 Å². The summed E-state index contributed by atoms with van der Waals surface area (Å²) < 4.78 is 38.4. The minimum atomic E-state index is -4.48. The maximum Gasteiger partial charge on any atom is 0.405 e. The Labute approximate surface area is 163 Å². The van der Waals surface area contributed by atoms with Crippen molar-refractivity contribution in [2.24, 2.45) is 4.99 Å². The zero-order chi connectivity index (χ0) is 21.0. The number of hydrogen-bond donors (Lipinski definition) is 2. The molecule has 0 radical (unpaired) electrons. The van der Waals surface area contributed by atoms with Gasteiger partial charge in [-0.15, -0.1) is 0 Å². The minimum Gasteiger partial charge on any atom is -0.345 e. The van der Waals surface area contributed by atoms with Crippen molar-refractivity contribution >= 4 is 34.5 Å². The molecule has 2 N–H and O–H groups in total. The molecule has 3 rings (SSSR count). The Bertz CT molecular complexity index is 1080. The second-order valence-corrected chi connectivity index (χ2v) is 6.16. The first-order valence-corrected chi connectivity index (χ1v) is 8.62. The lowest BCUT2D eigenvalue weighted by Gasteiger charge is -2.10. The molecule has 29 heavy (non-hydrogen) atoms. The Morgan fingerprint density at radius 1 is 1.38 bits per heavy atom. The van der Waals surface area contributed by atoms with Gasteiger partial charge in [-0.25, -0.2) is 19.9 Å². The molecule has 8 nitrogen and oxygen atoms in total. The first-order chi connectivity index (χ1) is 13.8. The number of hydrogen-bond acceptors (Lipinski definition) is 5. The van der Waals surface area contributed by atoms with Crippen LogP contribution < -0.4 is 5.32 Å². The number of rotatable bonds is 6. The van der Waals surface area contributed by atoms with E-state index < -0.39 is 18.6 Å². The molecular formula is C18H18F3N7O. The Morgan fingerprint density at radius 2 is 2.17 bits per heavy atom. The zero-order valence-corrected chi connectivity index (χ0v) is 15.7. The second kappa shape index (κ2) is 8.25. The molecule has 0 spiro atoms. The van der Waals surface area contributed by atoms with Gasteiger partial charge in [0.05, 0.1) is 6.33 Å². The number of imidazole rings is 1. The number of aromatic nitrogens is 5. The highest BCUT2D eigenvalue weighted by Gasteiger charge is 2.27. The molecule has 0 fully saturated rings. The van der Waals surface area contributed by atoms with Crippen molar-refractivity contribution < 1.29 is 18.0 Å². The number of allylic oxidation sites excluding steroid dienone is 1. The number of halogens is 3. The molecule has 0 aliphatic heterocycles. The van der Waals surface area contributed by atoms with Crippen molar-refractivity contribution in [3.8, 4) is 0 Å². The van der Waals surface area contributed by atoms with Crippen LogP contribution in [0, 0.1) is 0 Å². The number of nitrogens with one attached hydrogen (secondary N) is 2. The van der Waals surface area contributed by atoms with Gasteiger partial charge < -0.3 is 14.9 Å². The number of aromatic amines is 1. The molecule has 3 aromatic heterocycles. The number of carbonyl (C=O) groups excluding carboxylic acids is 1. The molecule has 0 aromatic carbocycles. The van der Waals surface area contributed by atoms with Gasteiger partial charge in [-0.05, 0) is 19.9 Å². The first-order valence-electron chi connectivity index (χ1n) is 8.62. The van der Waals surface area contributed by atoms with E-state index in [1.807, 2.05) is 5.32 Å². The largest absolute Gasteiger partial charge is 0.405 e. The predicted molar refractivity (Wildman–Crippen MR) is 102 cm³/mol. The average Bonchev–Trinajstić information content (AvgIpc) is 3.25. The smallest absolute Gasteiger partial charge is 0.345 e. The summed E-state index contributed by atoms with van der Waals surface area (Å²) in [5.41, 5.74) is 2.51. The van der Waals surface area contributed by atoms with Crippen LogP contribution in [-0.4, -0.2) is 48.8 Å². The van der Waals surface area contributed by atoms with Gasteiger partial charge in [0.1, 0.15) is 30.8 Å². The lowest BCUT2D eigenvalue weighted by atomic mass is 10.2. The van der Waals surface area contributed by atoms with Gasteiger partial charge in [0.15, 0.2) is 5.82 Å². The minimum absolute atomic E-state index is 0.344. The Hall–Kier alpha value is -3.50. The van der Waals surface area contributed by atoms with Crippen molar-refractivity contribution in [3.63, 3.8) is 0 Å². The average molecular weight is 405 g/mol. The molecule has 0 unspecified atom stereocenters. The standard InChI is InChI=1S/C18H18F3N7O/c1-3-4-14-17(28(10-26-14)7-15(29)24-8-18(19,20)21)27-11(2)12-6-23-16-13(12)5-22-9-25-16/h3-6,9-10H,7-8H2,1-2H3,(H,24,29)(H,22,23,25)/b4-3?,27-11+. The van der Waals surface area contributed by atoms with Gasteiger partial charge in [0.25, 0.3) is 0 Å². The van der Waals surface area contributed by atoms with Crippen LogP contribution in [0.4, 0.5) is 19.0 Å². The van der Waals surface area contributed by atoms with E-state index in [0.29, 0.717) is 22.9 Å². The summed E-state index contributed by atoms with van der Waals surface area (Å²) in [6, 6.07) is 0. The van der Waals surface area contributed by atoms with Crippen molar-refractivity contribution in [1.29, 1.82) is 0 Å². The molecular weight excluding hydrogens is 387 g/mol. The lowest BCUT2D eigenvalue weighted by Crippen LogP contribution is -2.35. The maximum absolute atomic E-state index is 12.3. The van der Waals surface area contributed by atoms with Crippen LogP contribution in [0.2, 0.25) is 0 Å². The maximum atomic E-state index is 12.3. The first kappa shape index (κ1) is 20.2. The number of nitrogens with zero attached hydrogens (tertiary/aromatic N) is 5. The Morgan fingerprint density at radius 3 is 2.90 bits per heavy atom. The van der Waals surface area contributed by atoms with E-state index in [1.165, 1.54) is 17.2 Å². The van der Waals surface area contributed by atoms with E-state index in [9.17, 15) is 18.0 Å². The zero-order valence-electron chi connectivity index (χ0n) is 15.7. The third kappa shape index (κ3) is 4.86.